The number of carbonyl (C=O) groups is 1. The van der Waals surface area contributed by atoms with Crippen LogP contribution in [0, 0.1) is 0 Å². The van der Waals surface area contributed by atoms with Crippen LogP contribution in [0.15, 0.2) is 47.3 Å². The van der Waals surface area contributed by atoms with Gasteiger partial charge in [0.15, 0.2) is 0 Å². The summed E-state index contributed by atoms with van der Waals surface area (Å²) in [7, 11) is 1.61. The van der Waals surface area contributed by atoms with Crippen LogP contribution in [-0.2, 0) is 17.8 Å². The van der Waals surface area contributed by atoms with Gasteiger partial charge in [-0.3, -0.25) is 9.59 Å². The Hall–Kier alpha value is -2.47. The summed E-state index contributed by atoms with van der Waals surface area (Å²) in [6.07, 6.45) is 1.81. The molecule has 1 aromatic heterocycles. The molecule has 1 amide bonds. The number of ether oxygens (including phenoxy) is 1. The third kappa shape index (κ3) is 5.53. The average molecular weight is 343 g/mol. The number of hydrogen-bond acceptors (Lipinski definition) is 4. The van der Waals surface area contributed by atoms with Crippen molar-refractivity contribution in [2.24, 2.45) is 0 Å². The van der Waals surface area contributed by atoms with Crippen LogP contribution in [0.2, 0.25) is 0 Å². The van der Waals surface area contributed by atoms with E-state index < -0.39 is 0 Å². The van der Waals surface area contributed by atoms with E-state index in [0.29, 0.717) is 26.2 Å². The van der Waals surface area contributed by atoms with Crippen molar-refractivity contribution in [3.05, 3.63) is 64.1 Å². The third-order valence-corrected chi connectivity index (χ3v) is 3.88. The molecule has 0 unspecified atom stereocenters. The lowest BCUT2D eigenvalue weighted by molar-refractivity contribution is 0.0671. The molecule has 1 heterocycles. The summed E-state index contributed by atoms with van der Waals surface area (Å²) in [5.74, 6) is -0.203. The molecule has 2 aromatic rings. The first-order valence-corrected chi connectivity index (χ1v) is 8.56. The Balaban J connectivity index is 2.21. The van der Waals surface area contributed by atoms with Crippen LogP contribution in [0.25, 0.3) is 0 Å². The van der Waals surface area contributed by atoms with Crippen LogP contribution in [0.4, 0.5) is 0 Å². The van der Waals surface area contributed by atoms with Crippen LogP contribution in [0.3, 0.4) is 0 Å². The number of nitrogens with zero attached hydrogens (tertiary/aromatic N) is 3. The molecule has 0 aliphatic rings. The molecule has 25 heavy (non-hydrogen) atoms. The zero-order valence-corrected chi connectivity index (χ0v) is 14.9. The van der Waals surface area contributed by atoms with Crippen LogP contribution in [0.5, 0.6) is 0 Å². The standard InChI is InChI=1S/C19H25N3O3/c1-3-4-12-22-18(23)11-10-17(20-22)19(24)21(13-14-25-2)15-16-8-6-5-7-9-16/h5-11H,3-4,12-15H2,1-2H3. The fourth-order valence-corrected chi connectivity index (χ4v) is 2.45. The van der Waals surface area contributed by atoms with Crippen LogP contribution >= 0.6 is 0 Å². The molecule has 1 aromatic carbocycles. The van der Waals surface area contributed by atoms with E-state index >= 15 is 0 Å². The average Bonchev–Trinajstić information content (AvgIpc) is 2.64. The molecule has 0 bridgehead atoms. The lowest BCUT2D eigenvalue weighted by atomic mass is 10.2. The van der Waals surface area contributed by atoms with Crippen LogP contribution < -0.4 is 5.56 Å². The van der Waals surface area contributed by atoms with Gasteiger partial charge in [0.2, 0.25) is 0 Å². The molecule has 0 radical (unpaired) electrons. The van der Waals surface area contributed by atoms with E-state index in [1.807, 2.05) is 37.3 Å². The highest BCUT2D eigenvalue weighted by Gasteiger charge is 2.18. The van der Waals surface area contributed by atoms with Crippen LogP contribution in [0.1, 0.15) is 35.8 Å². The summed E-state index contributed by atoms with van der Waals surface area (Å²) in [5.41, 5.74) is 1.13. The first-order valence-electron chi connectivity index (χ1n) is 8.56. The van der Waals surface area contributed by atoms with Gasteiger partial charge in [-0.25, -0.2) is 4.68 Å². The van der Waals surface area contributed by atoms with Gasteiger partial charge in [-0.1, -0.05) is 43.7 Å². The van der Waals surface area contributed by atoms with Crippen LogP contribution in [-0.4, -0.2) is 40.8 Å². The van der Waals surface area contributed by atoms with Gasteiger partial charge in [0.1, 0.15) is 5.69 Å². The molecule has 0 fully saturated rings. The van der Waals surface area contributed by atoms with Gasteiger partial charge in [0, 0.05) is 32.8 Å². The minimum absolute atomic E-state index is 0.184. The fraction of sp³-hybridized carbons (Fsp3) is 0.421. The number of aryl methyl sites for hydroxylation is 1. The van der Waals surface area contributed by atoms with Gasteiger partial charge >= 0.3 is 0 Å². The molecule has 0 saturated carbocycles. The number of benzene rings is 1. The summed E-state index contributed by atoms with van der Waals surface area (Å²) < 4.78 is 6.49. The molecule has 134 valence electrons. The molecule has 0 N–H and O–H groups in total. The minimum atomic E-state index is -0.203. The van der Waals surface area contributed by atoms with Crippen molar-refractivity contribution in [3.63, 3.8) is 0 Å². The number of unbranched alkanes of at least 4 members (excludes halogenated alkanes) is 1. The summed E-state index contributed by atoms with van der Waals surface area (Å²) in [6.45, 7) is 3.94. The van der Waals surface area contributed by atoms with Gasteiger partial charge in [-0.2, -0.15) is 5.10 Å². The number of amides is 1. The predicted octanol–water partition coefficient (Wildman–Crippen LogP) is 2.33. The van der Waals surface area contributed by atoms with Gasteiger partial charge < -0.3 is 9.64 Å². The van der Waals surface area contributed by atoms with Gasteiger partial charge in [0.05, 0.1) is 6.61 Å². The molecule has 6 heteroatoms. The number of hydrogen-bond donors (Lipinski definition) is 0. The first-order chi connectivity index (χ1) is 12.2. The lowest BCUT2D eigenvalue weighted by Crippen LogP contribution is -2.35. The quantitative estimate of drug-likeness (QED) is 0.701. The molecular formula is C19H25N3O3. The maximum atomic E-state index is 12.9. The summed E-state index contributed by atoms with van der Waals surface area (Å²) in [5, 5.41) is 4.25. The first kappa shape index (κ1) is 18.9. The Morgan fingerprint density at radius 3 is 2.64 bits per heavy atom. The smallest absolute Gasteiger partial charge is 0.274 e. The molecule has 0 saturated heterocycles. The summed E-state index contributed by atoms with van der Waals surface area (Å²) >= 11 is 0. The highest BCUT2D eigenvalue weighted by atomic mass is 16.5. The van der Waals surface area contributed by atoms with Crippen molar-refractivity contribution in [2.75, 3.05) is 20.3 Å². The van der Waals surface area contributed by atoms with E-state index in [9.17, 15) is 9.59 Å². The van der Waals surface area contributed by atoms with E-state index in [-0.39, 0.29) is 17.2 Å². The highest BCUT2D eigenvalue weighted by Crippen LogP contribution is 2.08. The Kier molecular flexibility index (Phi) is 7.35. The number of aromatic nitrogens is 2. The third-order valence-electron chi connectivity index (χ3n) is 3.88. The van der Waals surface area contributed by atoms with Crippen molar-refractivity contribution in [1.29, 1.82) is 0 Å². The predicted molar refractivity (Wildman–Crippen MR) is 96.5 cm³/mol. The molecule has 2 rings (SSSR count). The van der Waals surface area contributed by atoms with E-state index in [4.69, 9.17) is 4.74 Å². The van der Waals surface area contributed by atoms with E-state index in [1.165, 1.54) is 16.8 Å². The number of carbonyl (C=O) groups excluding carboxylic acids is 1. The molecule has 0 aliphatic heterocycles. The largest absolute Gasteiger partial charge is 0.383 e. The molecule has 6 nitrogen and oxygen atoms in total. The lowest BCUT2D eigenvalue weighted by Gasteiger charge is -2.22. The van der Waals surface area contributed by atoms with Crippen molar-refractivity contribution < 1.29 is 9.53 Å². The molecule has 0 spiro atoms. The zero-order chi connectivity index (χ0) is 18.1. The molecular weight excluding hydrogens is 318 g/mol. The molecule has 0 aliphatic carbocycles. The Morgan fingerprint density at radius 2 is 1.96 bits per heavy atom. The van der Waals surface area contributed by atoms with Gasteiger partial charge in [-0.05, 0) is 18.1 Å². The SMILES string of the molecule is CCCCn1nc(C(=O)N(CCOC)Cc2ccccc2)ccc1=O. The fourth-order valence-electron chi connectivity index (χ4n) is 2.45. The van der Waals surface area contributed by atoms with E-state index in [2.05, 4.69) is 5.10 Å². The topological polar surface area (TPSA) is 64.4 Å². The maximum absolute atomic E-state index is 12.9. The van der Waals surface area contributed by atoms with E-state index in [0.717, 1.165) is 18.4 Å². The summed E-state index contributed by atoms with van der Waals surface area (Å²) in [6, 6.07) is 12.7. The Morgan fingerprint density at radius 1 is 1.20 bits per heavy atom. The zero-order valence-electron chi connectivity index (χ0n) is 14.9. The second-order valence-corrected chi connectivity index (χ2v) is 5.84. The highest BCUT2D eigenvalue weighted by molar-refractivity contribution is 5.92. The minimum Gasteiger partial charge on any atom is -0.383 e. The Labute approximate surface area is 148 Å². The Bertz CT molecular complexity index is 728. The second-order valence-electron chi connectivity index (χ2n) is 5.84. The van der Waals surface area contributed by atoms with Crippen molar-refractivity contribution >= 4 is 5.91 Å². The molecule has 0 atom stereocenters. The summed E-state index contributed by atoms with van der Waals surface area (Å²) in [4.78, 5) is 26.5. The van der Waals surface area contributed by atoms with Crippen molar-refractivity contribution in [2.45, 2.75) is 32.9 Å². The monoisotopic (exact) mass is 343 g/mol. The number of rotatable bonds is 9. The van der Waals surface area contributed by atoms with Crippen molar-refractivity contribution in [1.82, 2.24) is 14.7 Å². The van der Waals surface area contributed by atoms with Gasteiger partial charge in [-0.15, -0.1) is 0 Å². The maximum Gasteiger partial charge on any atom is 0.274 e. The van der Waals surface area contributed by atoms with Gasteiger partial charge in [0.25, 0.3) is 11.5 Å². The van der Waals surface area contributed by atoms with Crippen molar-refractivity contribution in [3.8, 4) is 0 Å². The number of methoxy groups -OCH3 is 1. The van der Waals surface area contributed by atoms with E-state index in [1.54, 1.807) is 12.0 Å². The second kappa shape index (κ2) is 9.74. The normalized spacial score (nSPS) is 10.6.